The monoisotopic (exact) mass is 214 g/mol. The molecule has 0 spiro atoms. The Balaban J connectivity index is 2.50. The topological polar surface area (TPSA) is 24.1 Å². The van der Waals surface area contributed by atoms with Crippen LogP contribution in [-0.4, -0.2) is 12.2 Å². The van der Waals surface area contributed by atoms with Gasteiger partial charge in [0, 0.05) is 16.8 Å². The molecule has 4 heteroatoms. The fourth-order valence-electron chi connectivity index (χ4n) is 0.993. The first-order valence-corrected chi connectivity index (χ1v) is 5.37. The third-order valence-corrected chi connectivity index (χ3v) is 3.37. The second-order valence-corrected chi connectivity index (χ2v) is 4.63. The van der Waals surface area contributed by atoms with Gasteiger partial charge in [-0.15, -0.1) is 11.3 Å². The fraction of sp³-hybridized carbons (Fsp3) is 0.444. The van der Waals surface area contributed by atoms with Crippen molar-refractivity contribution in [2.24, 2.45) is 0 Å². The smallest absolute Gasteiger partial charge is 0.166 e. The molecule has 0 aliphatic heterocycles. The quantitative estimate of drug-likeness (QED) is 0.736. The Bertz CT molecular complexity index is 285. The summed E-state index contributed by atoms with van der Waals surface area (Å²) >= 11 is 6.79. The zero-order valence-corrected chi connectivity index (χ0v) is 9.73. The maximum atomic E-state index is 4.98. The second-order valence-electron chi connectivity index (χ2n) is 2.88. The molecule has 0 aliphatic rings. The minimum absolute atomic E-state index is 0.698. The lowest BCUT2D eigenvalue weighted by Gasteiger charge is -2.04. The summed E-state index contributed by atoms with van der Waals surface area (Å²) in [6.07, 6.45) is 0. The molecule has 0 fully saturated rings. The molecule has 2 N–H and O–H groups in total. The average molecular weight is 214 g/mol. The molecule has 2 nitrogen and oxygen atoms in total. The van der Waals surface area contributed by atoms with Crippen molar-refractivity contribution in [3.05, 3.63) is 21.4 Å². The number of nitrogens with one attached hydrogen (secondary N) is 2. The van der Waals surface area contributed by atoms with E-state index in [1.54, 1.807) is 0 Å². The minimum Gasteiger partial charge on any atom is -0.366 e. The van der Waals surface area contributed by atoms with E-state index in [0.29, 0.717) is 5.11 Å². The van der Waals surface area contributed by atoms with Crippen molar-refractivity contribution < 1.29 is 0 Å². The number of hydrogen-bond acceptors (Lipinski definition) is 2. The first-order valence-electron chi connectivity index (χ1n) is 4.15. The Morgan fingerprint density at radius 2 is 2.23 bits per heavy atom. The standard InChI is InChI=1S/C9H14N2S2/c1-6-4-8(13-7(6)2)5-11-9(12)10-3/h4H,5H2,1-3H3,(H2,10,11,12). The fourth-order valence-corrected chi connectivity index (χ4v) is 2.06. The zero-order chi connectivity index (χ0) is 9.84. The average Bonchev–Trinajstić information content (AvgIpc) is 2.42. The van der Waals surface area contributed by atoms with Crippen LogP contribution in [0, 0.1) is 13.8 Å². The summed E-state index contributed by atoms with van der Waals surface area (Å²) in [7, 11) is 1.82. The molecule has 1 aromatic heterocycles. The summed E-state index contributed by atoms with van der Waals surface area (Å²) in [4.78, 5) is 2.71. The van der Waals surface area contributed by atoms with E-state index in [4.69, 9.17) is 12.2 Å². The largest absolute Gasteiger partial charge is 0.366 e. The van der Waals surface area contributed by atoms with Crippen LogP contribution in [0.5, 0.6) is 0 Å². The number of thiophene rings is 1. The van der Waals surface area contributed by atoms with Gasteiger partial charge in [0.05, 0.1) is 6.54 Å². The van der Waals surface area contributed by atoms with Crippen LogP contribution in [0.1, 0.15) is 15.3 Å². The summed E-state index contributed by atoms with van der Waals surface area (Å²) in [5.74, 6) is 0. The summed E-state index contributed by atoms with van der Waals surface area (Å²) in [5, 5.41) is 6.70. The van der Waals surface area contributed by atoms with Gasteiger partial charge in [-0.25, -0.2) is 0 Å². The highest BCUT2D eigenvalue weighted by Crippen LogP contribution is 2.19. The first kappa shape index (κ1) is 10.5. The Kier molecular flexibility index (Phi) is 3.69. The van der Waals surface area contributed by atoms with Crippen LogP contribution in [0.3, 0.4) is 0 Å². The van der Waals surface area contributed by atoms with E-state index in [2.05, 4.69) is 30.5 Å². The van der Waals surface area contributed by atoms with E-state index in [-0.39, 0.29) is 0 Å². The predicted octanol–water partition coefficient (Wildman–Crippen LogP) is 1.96. The Morgan fingerprint density at radius 3 is 2.69 bits per heavy atom. The van der Waals surface area contributed by atoms with Gasteiger partial charge in [-0.05, 0) is 37.7 Å². The van der Waals surface area contributed by atoms with Gasteiger partial charge in [0.25, 0.3) is 0 Å². The van der Waals surface area contributed by atoms with Crippen molar-refractivity contribution >= 4 is 28.7 Å². The Hall–Kier alpha value is -0.610. The molecule has 0 aromatic carbocycles. The molecule has 0 radical (unpaired) electrons. The van der Waals surface area contributed by atoms with Crippen molar-refractivity contribution in [3.8, 4) is 0 Å². The molecule has 0 saturated heterocycles. The third-order valence-electron chi connectivity index (χ3n) is 1.87. The van der Waals surface area contributed by atoms with E-state index in [1.807, 2.05) is 18.4 Å². The SMILES string of the molecule is CNC(=S)NCc1cc(C)c(C)s1. The number of aryl methyl sites for hydroxylation is 2. The van der Waals surface area contributed by atoms with Crippen LogP contribution in [0.25, 0.3) is 0 Å². The lowest BCUT2D eigenvalue weighted by molar-refractivity contribution is 0.906. The summed E-state index contributed by atoms with van der Waals surface area (Å²) < 4.78 is 0. The molecule has 72 valence electrons. The van der Waals surface area contributed by atoms with E-state index in [0.717, 1.165) is 6.54 Å². The molecule has 0 unspecified atom stereocenters. The summed E-state index contributed by atoms with van der Waals surface area (Å²) in [6.45, 7) is 5.09. The van der Waals surface area contributed by atoms with E-state index in [1.165, 1.54) is 15.3 Å². The molecule has 1 aromatic rings. The Labute approximate surface area is 88.4 Å². The van der Waals surface area contributed by atoms with Gasteiger partial charge in [0.1, 0.15) is 0 Å². The zero-order valence-electron chi connectivity index (χ0n) is 8.10. The maximum absolute atomic E-state index is 4.98. The molecule has 0 aliphatic carbocycles. The Morgan fingerprint density at radius 1 is 1.54 bits per heavy atom. The number of hydrogen-bond donors (Lipinski definition) is 2. The van der Waals surface area contributed by atoms with E-state index in [9.17, 15) is 0 Å². The first-order chi connectivity index (χ1) is 6.13. The second kappa shape index (κ2) is 4.58. The van der Waals surface area contributed by atoms with Crippen molar-refractivity contribution in [2.75, 3.05) is 7.05 Å². The van der Waals surface area contributed by atoms with Gasteiger partial charge >= 0.3 is 0 Å². The highest BCUT2D eigenvalue weighted by molar-refractivity contribution is 7.80. The van der Waals surface area contributed by atoms with Crippen LogP contribution in [0.15, 0.2) is 6.07 Å². The van der Waals surface area contributed by atoms with Crippen LogP contribution in [0.2, 0.25) is 0 Å². The molecule has 1 rings (SSSR count). The van der Waals surface area contributed by atoms with Crippen LogP contribution in [0.4, 0.5) is 0 Å². The molecule has 0 bridgehead atoms. The highest BCUT2D eigenvalue weighted by Gasteiger charge is 2.01. The van der Waals surface area contributed by atoms with Gasteiger partial charge in [-0.3, -0.25) is 0 Å². The summed E-state index contributed by atoms with van der Waals surface area (Å²) in [5.41, 5.74) is 1.36. The molecule has 1 heterocycles. The van der Waals surface area contributed by atoms with Crippen molar-refractivity contribution in [1.29, 1.82) is 0 Å². The maximum Gasteiger partial charge on any atom is 0.166 e. The van der Waals surface area contributed by atoms with Gasteiger partial charge in [0.15, 0.2) is 5.11 Å². The van der Waals surface area contributed by atoms with E-state index >= 15 is 0 Å². The lowest BCUT2D eigenvalue weighted by atomic mass is 10.3. The molecular weight excluding hydrogens is 200 g/mol. The third kappa shape index (κ3) is 2.97. The van der Waals surface area contributed by atoms with Crippen LogP contribution in [-0.2, 0) is 6.54 Å². The van der Waals surface area contributed by atoms with Crippen molar-refractivity contribution in [3.63, 3.8) is 0 Å². The van der Waals surface area contributed by atoms with Crippen LogP contribution >= 0.6 is 23.6 Å². The highest BCUT2D eigenvalue weighted by atomic mass is 32.1. The van der Waals surface area contributed by atoms with Gasteiger partial charge in [-0.2, -0.15) is 0 Å². The molecule has 13 heavy (non-hydrogen) atoms. The lowest BCUT2D eigenvalue weighted by Crippen LogP contribution is -2.31. The molecule has 0 amide bonds. The number of thiocarbonyl (C=S) groups is 1. The number of rotatable bonds is 2. The van der Waals surface area contributed by atoms with Crippen molar-refractivity contribution in [2.45, 2.75) is 20.4 Å². The van der Waals surface area contributed by atoms with Gasteiger partial charge < -0.3 is 10.6 Å². The molecule has 0 atom stereocenters. The molecular formula is C9H14N2S2. The van der Waals surface area contributed by atoms with Crippen LogP contribution < -0.4 is 10.6 Å². The van der Waals surface area contributed by atoms with Crippen molar-refractivity contribution in [1.82, 2.24) is 10.6 Å². The predicted molar refractivity (Wildman–Crippen MR) is 62.3 cm³/mol. The minimum atomic E-state index is 0.698. The summed E-state index contributed by atoms with van der Waals surface area (Å²) in [6, 6.07) is 2.20. The van der Waals surface area contributed by atoms with E-state index < -0.39 is 0 Å². The van der Waals surface area contributed by atoms with Gasteiger partial charge in [0.2, 0.25) is 0 Å². The molecule has 0 saturated carbocycles. The van der Waals surface area contributed by atoms with Gasteiger partial charge in [-0.1, -0.05) is 0 Å². The normalized spacial score (nSPS) is 9.77.